The Balaban J connectivity index is 4.38. The third kappa shape index (κ3) is 29.7. The van der Waals surface area contributed by atoms with Gasteiger partial charge < -0.3 is 54.1 Å². The van der Waals surface area contributed by atoms with Gasteiger partial charge in [-0.3, -0.25) is 18.6 Å². The molecule has 0 aliphatic carbocycles. The Morgan fingerprint density at radius 3 is 1.87 bits per heavy atom. The van der Waals surface area contributed by atoms with Crippen molar-refractivity contribution < 1.29 is 65.7 Å². The van der Waals surface area contributed by atoms with Crippen molar-refractivity contribution in [1.82, 2.24) is 10.6 Å². The molecule has 0 aromatic heterocycles. The summed E-state index contributed by atoms with van der Waals surface area (Å²) < 4.78 is 61.1. The summed E-state index contributed by atoms with van der Waals surface area (Å²) in [6.07, 6.45) is 0.883. The van der Waals surface area contributed by atoms with Crippen LogP contribution in [0.15, 0.2) is 0 Å². The van der Waals surface area contributed by atoms with Gasteiger partial charge in [0.2, 0.25) is 5.91 Å². The van der Waals surface area contributed by atoms with E-state index in [2.05, 4.69) is 10.6 Å². The van der Waals surface area contributed by atoms with Crippen molar-refractivity contribution in [1.29, 1.82) is 0 Å². The second kappa shape index (κ2) is 27.8. The van der Waals surface area contributed by atoms with Gasteiger partial charge in [0.05, 0.1) is 66.1 Å². The number of carbonyl (C=O) groups excluding carboxylic acids is 3. The Bertz CT molecular complexity index is 1030. The van der Waals surface area contributed by atoms with Gasteiger partial charge in [-0.25, -0.2) is 9.36 Å². The molecule has 0 saturated heterocycles. The molecule has 0 saturated carbocycles. The molecule has 0 spiro atoms. The summed E-state index contributed by atoms with van der Waals surface area (Å²) in [6.45, 7) is 18.7. The molecule has 0 aromatic rings. The fourth-order valence-electron chi connectivity index (χ4n) is 3.71. The number of hydrogen-bond donors (Lipinski definition) is 4. The first-order valence-corrected chi connectivity index (χ1v) is 22.4. The number of nitrogens with one attached hydrogen (secondary N) is 2. The van der Waals surface area contributed by atoms with Gasteiger partial charge >= 0.3 is 19.9 Å². The van der Waals surface area contributed by atoms with Crippen LogP contribution in [0.4, 0.5) is 4.79 Å². The summed E-state index contributed by atoms with van der Waals surface area (Å²) in [4.78, 5) is 46.5. The Labute approximate surface area is 311 Å². The second-order valence-corrected chi connectivity index (χ2v) is 20.6. The zero-order chi connectivity index (χ0) is 39.5. The standard InChI is InChI=1S/C33H68N3O14PSi/c1-32(2,3)49-31(39)36-15-11-9-10-12-30(38)46-26-28(50-52(7,8)33(4,5)6)27-48-51(40,41)47-19-16-35-29(37)13-17-42-20-22-44-24-25-45-23-21-43-18-14-34/h28H,9-27,34H2,1-8H3,(H,35,37)(H,36,39)(H,40,41)/t28-/m1/s1. The predicted octanol–water partition coefficient (Wildman–Crippen LogP) is 3.67. The Morgan fingerprint density at radius 1 is 0.731 bits per heavy atom. The number of alkyl carbamates (subject to hydrolysis) is 1. The number of esters is 1. The topological polar surface area (TPSA) is 222 Å². The van der Waals surface area contributed by atoms with E-state index >= 15 is 0 Å². The molecule has 0 aliphatic heterocycles. The monoisotopic (exact) mass is 789 g/mol. The highest BCUT2D eigenvalue weighted by atomic mass is 31.2. The first kappa shape index (κ1) is 50.3. The molecule has 52 heavy (non-hydrogen) atoms. The number of rotatable bonds is 31. The van der Waals surface area contributed by atoms with Crippen LogP contribution in [0.25, 0.3) is 0 Å². The molecule has 0 aliphatic rings. The molecule has 0 radical (unpaired) electrons. The highest BCUT2D eigenvalue weighted by Gasteiger charge is 2.40. The zero-order valence-electron chi connectivity index (χ0n) is 32.8. The lowest BCUT2D eigenvalue weighted by molar-refractivity contribution is -0.147. The van der Waals surface area contributed by atoms with Gasteiger partial charge in [0.15, 0.2) is 8.32 Å². The van der Waals surface area contributed by atoms with Gasteiger partial charge in [-0.15, -0.1) is 0 Å². The van der Waals surface area contributed by atoms with Crippen LogP contribution >= 0.6 is 7.82 Å². The van der Waals surface area contributed by atoms with Crippen LogP contribution in [0.2, 0.25) is 18.1 Å². The van der Waals surface area contributed by atoms with E-state index in [4.69, 9.17) is 47.6 Å². The molecule has 5 N–H and O–H groups in total. The number of phosphoric acid groups is 1. The molecule has 0 bridgehead atoms. The molecule has 17 nitrogen and oxygen atoms in total. The third-order valence-corrected chi connectivity index (χ3v) is 12.9. The van der Waals surface area contributed by atoms with Gasteiger partial charge in [0.1, 0.15) is 18.3 Å². The second-order valence-electron chi connectivity index (χ2n) is 14.4. The van der Waals surface area contributed by atoms with E-state index < -0.39 is 39.9 Å². The first-order chi connectivity index (χ1) is 24.3. The lowest BCUT2D eigenvalue weighted by Crippen LogP contribution is -2.46. The molecule has 308 valence electrons. The minimum absolute atomic E-state index is 0.0221. The van der Waals surface area contributed by atoms with Crippen LogP contribution in [0.1, 0.15) is 73.6 Å². The molecule has 0 heterocycles. The van der Waals surface area contributed by atoms with Gasteiger partial charge in [0, 0.05) is 32.5 Å². The lowest BCUT2D eigenvalue weighted by atomic mass is 10.2. The predicted molar refractivity (Wildman–Crippen MR) is 197 cm³/mol. The number of ether oxygens (including phenoxy) is 6. The molecule has 1 unspecified atom stereocenters. The fourth-order valence-corrected chi connectivity index (χ4v) is 5.78. The molecular weight excluding hydrogens is 721 g/mol. The number of amides is 2. The number of unbranched alkanes of at least 4 members (excludes halogenated alkanes) is 2. The number of nitrogens with two attached hydrogens (primary N) is 1. The summed E-state index contributed by atoms with van der Waals surface area (Å²) in [6, 6.07) is 0. The Hall–Kier alpha value is -1.70. The maximum absolute atomic E-state index is 12.6. The van der Waals surface area contributed by atoms with E-state index in [-0.39, 0.29) is 56.8 Å². The average Bonchev–Trinajstić information content (AvgIpc) is 3.03. The van der Waals surface area contributed by atoms with Crippen molar-refractivity contribution in [2.24, 2.45) is 5.73 Å². The van der Waals surface area contributed by atoms with Crippen LogP contribution < -0.4 is 16.4 Å². The van der Waals surface area contributed by atoms with Gasteiger partial charge in [0.25, 0.3) is 0 Å². The first-order valence-electron chi connectivity index (χ1n) is 18.0. The number of carbonyl (C=O) groups is 3. The maximum atomic E-state index is 12.6. The normalized spacial score (nSPS) is 14.0. The van der Waals surface area contributed by atoms with Gasteiger partial charge in [-0.2, -0.15) is 0 Å². The summed E-state index contributed by atoms with van der Waals surface area (Å²) >= 11 is 0. The van der Waals surface area contributed by atoms with Crippen LogP contribution in [-0.4, -0.2) is 135 Å². The summed E-state index contributed by atoms with van der Waals surface area (Å²) in [7, 11) is -6.89. The SMILES string of the molecule is CC(C)(C)OC(=O)NCCCCCC(=O)OC[C@H](COP(=O)(O)OCCNC(=O)CCOCCOCCOCCOCCN)O[Si](C)(C)C(C)(C)C. The van der Waals surface area contributed by atoms with E-state index in [0.717, 1.165) is 0 Å². The molecule has 0 fully saturated rings. The van der Waals surface area contributed by atoms with E-state index in [1.807, 2.05) is 33.9 Å². The zero-order valence-corrected chi connectivity index (χ0v) is 34.7. The minimum Gasteiger partial charge on any atom is -0.463 e. The van der Waals surface area contributed by atoms with Crippen LogP contribution in [-0.2, 0) is 56.0 Å². The van der Waals surface area contributed by atoms with Crippen molar-refractivity contribution in [2.45, 2.75) is 103 Å². The maximum Gasteiger partial charge on any atom is 0.472 e. The van der Waals surface area contributed by atoms with Crippen LogP contribution in [0.3, 0.4) is 0 Å². The highest BCUT2D eigenvalue weighted by molar-refractivity contribution is 7.47. The van der Waals surface area contributed by atoms with Gasteiger partial charge in [-0.05, 0) is 51.7 Å². The van der Waals surface area contributed by atoms with Crippen molar-refractivity contribution in [3.8, 4) is 0 Å². The van der Waals surface area contributed by atoms with Crippen LogP contribution in [0.5, 0.6) is 0 Å². The van der Waals surface area contributed by atoms with Crippen molar-refractivity contribution in [3.05, 3.63) is 0 Å². The Kier molecular flexibility index (Phi) is 26.9. The van der Waals surface area contributed by atoms with Crippen molar-refractivity contribution in [2.75, 3.05) is 92.3 Å². The van der Waals surface area contributed by atoms with E-state index in [1.165, 1.54) is 0 Å². The van der Waals surface area contributed by atoms with E-state index in [0.29, 0.717) is 78.6 Å². The smallest absolute Gasteiger partial charge is 0.463 e. The van der Waals surface area contributed by atoms with Gasteiger partial charge in [-0.1, -0.05) is 27.2 Å². The number of phosphoric ester groups is 1. The fraction of sp³-hybridized carbons (Fsp3) is 0.909. The molecule has 2 amide bonds. The summed E-state index contributed by atoms with van der Waals surface area (Å²) in [5, 5.41) is 5.08. The summed E-state index contributed by atoms with van der Waals surface area (Å²) in [5.74, 6) is -0.755. The lowest BCUT2D eigenvalue weighted by Gasteiger charge is -2.39. The van der Waals surface area contributed by atoms with Crippen LogP contribution in [0, 0.1) is 0 Å². The quantitative estimate of drug-likeness (QED) is 0.0341. The highest BCUT2D eigenvalue weighted by Crippen LogP contribution is 2.44. The van der Waals surface area contributed by atoms with Crippen molar-refractivity contribution >= 4 is 34.1 Å². The largest absolute Gasteiger partial charge is 0.472 e. The molecule has 19 heteroatoms. The van der Waals surface area contributed by atoms with Crippen molar-refractivity contribution in [3.63, 3.8) is 0 Å². The van der Waals surface area contributed by atoms with E-state index in [9.17, 15) is 23.8 Å². The molecule has 0 aromatic carbocycles. The molecule has 0 rings (SSSR count). The molecule has 2 atom stereocenters. The average molecular weight is 790 g/mol. The Morgan fingerprint density at radius 2 is 1.31 bits per heavy atom. The minimum atomic E-state index is -4.51. The number of hydrogen-bond acceptors (Lipinski definition) is 14. The molecular formula is C33H68N3O14PSi. The third-order valence-electron chi connectivity index (χ3n) is 7.38. The summed E-state index contributed by atoms with van der Waals surface area (Å²) in [5.41, 5.74) is 4.76. The van der Waals surface area contributed by atoms with E-state index in [1.54, 1.807) is 20.8 Å².